The van der Waals surface area contributed by atoms with Crippen molar-refractivity contribution in [1.82, 2.24) is 0 Å². The number of aliphatic hydroxyl groups is 3. The second kappa shape index (κ2) is 10.2. The predicted octanol–water partition coefficient (Wildman–Crippen LogP) is 6.57. The average Bonchev–Trinajstić information content (AvgIpc) is 3.65. The Morgan fingerprint density at radius 1 is 1.11 bits per heavy atom. The van der Waals surface area contributed by atoms with E-state index in [0.29, 0.717) is 23.5 Å². The van der Waals surface area contributed by atoms with Crippen molar-refractivity contribution in [1.29, 1.82) is 0 Å². The maximum absolute atomic E-state index is 14.6. The van der Waals surface area contributed by atoms with Crippen LogP contribution in [0.5, 0.6) is 5.75 Å². The van der Waals surface area contributed by atoms with Crippen molar-refractivity contribution >= 4 is 23.1 Å². The monoisotopic (exact) mass is 602 g/mol. The summed E-state index contributed by atoms with van der Waals surface area (Å²) in [6, 6.07) is 3.77. The van der Waals surface area contributed by atoms with Crippen molar-refractivity contribution in [3.63, 3.8) is 0 Å². The van der Waals surface area contributed by atoms with Crippen molar-refractivity contribution in [2.24, 2.45) is 28.6 Å². The first-order valence-corrected chi connectivity index (χ1v) is 15.8. The minimum absolute atomic E-state index is 0.0555. The molecule has 4 atom stereocenters. The van der Waals surface area contributed by atoms with Crippen molar-refractivity contribution in [3.05, 3.63) is 58.3 Å². The molecular formula is C36H42O8. The van der Waals surface area contributed by atoms with Crippen LogP contribution in [0.25, 0.3) is 16.9 Å². The summed E-state index contributed by atoms with van der Waals surface area (Å²) in [5.41, 5.74) is -2.89. The van der Waals surface area contributed by atoms with Crippen LogP contribution < -0.4 is 0 Å². The molecule has 1 unspecified atom stereocenters. The number of aromatic hydroxyl groups is 1. The van der Waals surface area contributed by atoms with Crippen LogP contribution in [-0.4, -0.2) is 43.4 Å². The Morgan fingerprint density at radius 3 is 2.39 bits per heavy atom. The Bertz CT molecular complexity index is 1640. The number of Topliss-reactive ketones (excluding diaryl/α,β-unsaturated/α-hetero) is 3. The lowest BCUT2D eigenvalue weighted by molar-refractivity contribution is -0.178. The van der Waals surface area contributed by atoms with E-state index in [1.807, 2.05) is 19.1 Å². The maximum atomic E-state index is 14.6. The van der Waals surface area contributed by atoms with Crippen LogP contribution in [-0.2, 0) is 27.2 Å². The van der Waals surface area contributed by atoms with E-state index in [1.165, 1.54) is 12.8 Å². The molecule has 4 aliphatic carbocycles. The number of phenols is 1. The van der Waals surface area contributed by atoms with E-state index in [4.69, 9.17) is 4.42 Å². The summed E-state index contributed by atoms with van der Waals surface area (Å²) < 4.78 is 5.42. The molecule has 0 amide bonds. The van der Waals surface area contributed by atoms with Crippen LogP contribution in [0.15, 0.2) is 46.0 Å². The van der Waals surface area contributed by atoms with Crippen molar-refractivity contribution < 1.29 is 39.2 Å². The molecule has 0 bridgehead atoms. The van der Waals surface area contributed by atoms with Gasteiger partial charge in [0.1, 0.15) is 22.8 Å². The number of fused-ring (bicyclic) bond motifs is 3. The summed E-state index contributed by atoms with van der Waals surface area (Å²) in [6.07, 6.45) is 9.63. The lowest BCUT2D eigenvalue weighted by Gasteiger charge is -2.59. The average molecular weight is 603 g/mol. The molecule has 2 aromatic rings. The number of aliphatic hydroxyl groups excluding tert-OH is 2. The van der Waals surface area contributed by atoms with Gasteiger partial charge in [-0.15, -0.1) is 0 Å². The molecule has 2 fully saturated rings. The molecule has 0 aliphatic heterocycles. The lowest BCUT2D eigenvalue weighted by atomic mass is 9.43. The fourth-order valence-electron chi connectivity index (χ4n) is 9.37. The number of rotatable bonds is 6. The van der Waals surface area contributed by atoms with Gasteiger partial charge in [-0.2, -0.15) is 0 Å². The zero-order valence-corrected chi connectivity index (χ0v) is 26.1. The molecule has 1 aromatic carbocycles. The molecule has 234 valence electrons. The quantitative estimate of drug-likeness (QED) is 0.272. The first kappa shape index (κ1) is 30.4. The predicted molar refractivity (Wildman–Crippen MR) is 164 cm³/mol. The molecule has 8 nitrogen and oxygen atoms in total. The van der Waals surface area contributed by atoms with Crippen LogP contribution in [0.2, 0.25) is 0 Å². The standard InChI is InChI=1S/C36H42O8/c1-18(2)27-30(39)25(19(3)37)32(41)36(43)33(42)28-31(40)26-24(15-34(28,4)17-35(27,36)5)23(22-12-13-44-16-22)14-21(29(26)38)11-10-20-8-6-7-9-20/h12-14,16,18,20,27,38,40-41,43H,6-11,15,17H2,1-5H3/t27?,34-,35-,36+/m1/s1. The SMILES string of the molecule is CC(=O)C1=C(O)[C@]2(O)C(=O)C3=C(O)c4c(O)c(CCC5CCCC5)cc(-c5ccoc5)c4C[C@]3(C)C[C@]2(C)C(C(C)C)C1=O. The zero-order valence-electron chi connectivity index (χ0n) is 26.1. The number of hydrogen-bond donors (Lipinski definition) is 4. The molecule has 2 saturated carbocycles. The normalized spacial score (nSPS) is 30.6. The summed E-state index contributed by atoms with van der Waals surface area (Å²) in [6.45, 7) is 8.15. The minimum Gasteiger partial charge on any atom is -0.508 e. The number of aryl methyl sites for hydroxylation is 1. The first-order chi connectivity index (χ1) is 20.7. The Kier molecular flexibility index (Phi) is 7.04. The Labute approximate surface area is 257 Å². The van der Waals surface area contributed by atoms with Crippen molar-refractivity contribution in [2.45, 2.75) is 91.6 Å². The number of carbonyl (C=O) groups is 3. The number of carbonyl (C=O) groups excluding carboxylic acids is 3. The van der Waals surface area contributed by atoms with E-state index in [0.717, 1.165) is 37.3 Å². The van der Waals surface area contributed by atoms with E-state index in [2.05, 4.69) is 0 Å². The van der Waals surface area contributed by atoms with Gasteiger partial charge in [0.25, 0.3) is 0 Å². The van der Waals surface area contributed by atoms with E-state index in [-0.39, 0.29) is 35.6 Å². The smallest absolute Gasteiger partial charge is 0.203 e. The van der Waals surface area contributed by atoms with Gasteiger partial charge in [0.05, 0.1) is 18.1 Å². The maximum Gasteiger partial charge on any atom is 0.203 e. The van der Waals surface area contributed by atoms with Gasteiger partial charge in [0.2, 0.25) is 5.78 Å². The van der Waals surface area contributed by atoms with E-state index >= 15 is 0 Å². The van der Waals surface area contributed by atoms with E-state index < -0.39 is 56.8 Å². The Balaban J connectivity index is 1.59. The van der Waals surface area contributed by atoms with Gasteiger partial charge < -0.3 is 24.8 Å². The highest BCUT2D eigenvalue weighted by molar-refractivity contribution is 6.24. The third-order valence-electron chi connectivity index (χ3n) is 11.2. The summed E-state index contributed by atoms with van der Waals surface area (Å²) in [4.78, 5) is 41.0. The number of allylic oxidation sites excluding steroid dienone is 1. The molecule has 0 saturated heterocycles. The van der Waals surface area contributed by atoms with Gasteiger partial charge in [-0.3, -0.25) is 14.4 Å². The molecule has 4 aliphatic rings. The fraction of sp³-hybridized carbons (Fsp3) is 0.528. The van der Waals surface area contributed by atoms with Gasteiger partial charge in [-0.1, -0.05) is 53.4 Å². The van der Waals surface area contributed by atoms with Crippen molar-refractivity contribution in [3.8, 4) is 16.9 Å². The topological polar surface area (TPSA) is 145 Å². The molecule has 0 spiro atoms. The minimum atomic E-state index is -2.62. The van der Waals surface area contributed by atoms with Crippen LogP contribution in [0, 0.1) is 28.6 Å². The molecule has 0 radical (unpaired) electrons. The van der Waals surface area contributed by atoms with E-state index in [9.17, 15) is 34.8 Å². The van der Waals surface area contributed by atoms with Crippen LogP contribution in [0.3, 0.4) is 0 Å². The number of hydrogen-bond acceptors (Lipinski definition) is 8. The Morgan fingerprint density at radius 2 is 1.80 bits per heavy atom. The molecule has 1 aromatic heterocycles. The summed E-state index contributed by atoms with van der Waals surface area (Å²) in [5.74, 6) is -4.55. The fourth-order valence-corrected chi connectivity index (χ4v) is 9.37. The lowest BCUT2D eigenvalue weighted by Crippen LogP contribution is -2.69. The molecule has 6 rings (SSSR count). The summed E-state index contributed by atoms with van der Waals surface area (Å²) in [7, 11) is 0. The highest BCUT2D eigenvalue weighted by Gasteiger charge is 2.72. The molecular weight excluding hydrogens is 560 g/mol. The third-order valence-corrected chi connectivity index (χ3v) is 11.2. The number of furan rings is 1. The van der Waals surface area contributed by atoms with Gasteiger partial charge in [-0.25, -0.2) is 0 Å². The van der Waals surface area contributed by atoms with Gasteiger partial charge in [0, 0.05) is 27.9 Å². The van der Waals surface area contributed by atoms with Crippen molar-refractivity contribution in [2.75, 3.05) is 0 Å². The second-order valence-electron chi connectivity index (χ2n) is 14.4. The van der Waals surface area contributed by atoms with Gasteiger partial charge >= 0.3 is 0 Å². The third kappa shape index (κ3) is 4.02. The number of ketones is 3. The first-order valence-electron chi connectivity index (χ1n) is 15.8. The molecule has 44 heavy (non-hydrogen) atoms. The van der Waals surface area contributed by atoms with Gasteiger partial charge in [0.15, 0.2) is 17.2 Å². The van der Waals surface area contributed by atoms with Crippen LogP contribution in [0.1, 0.15) is 89.8 Å². The zero-order chi connectivity index (χ0) is 31.9. The van der Waals surface area contributed by atoms with E-state index in [1.54, 1.807) is 33.3 Å². The second-order valence-corrected chi connectivity index (χ2v) is 14.4. The summed E-state index contributed by atoms with van der Waals surface area (Å²) >= 11 is 0. The number of phenolic OH excluding ortho intramolecular Hbond substituents is 1. The molecule has 1 heterocycles. The largest absolute Gasteiger partial charge is 0.508 e. The highest BCUT2D eigenvalue weighted by atomic mass is 16.3. The molecule has 4 N–H and O–H groups in total. The summed E-state index contributed by atoms with van der Waals surface area (Å²) in [5, 5.41) is 47.4. The van der Waals surface area contributed by atoms with Crippen LogP contribution >= 0.6 is 0 Å². The highest BCUT2D eigenvalue weighted by Crippen LogP contribution is 2.65. The van der Waals surface area contributed by atoms with Crippen LogP contribution in [0.4, 0.5) is 0 Å². The Hall–Kier alpha value is -3.65. The van der Waals surface area contributed by atoms with Gasteiger partial charge in [-0.05, 0) is 73.3 Å². The molecule has 8 heteroatoms. The number of benzene rings is 1.